The third-order valence-electron chi connectivity index (χ3n) is 3.89. The van der Waals surface area contributed by atoms with Crippen LogP contribution in [-0.2, 0) is 5.54 Å². The lowest BCUT2D eigenvalue weighted by atomic mass is 9.88. The van der Waals surface area contributed by atoms with E-state index in [1.807, 2.05) is 0 Å². The second kappa shape index (κ2) is 6.73. The van der Waals surface area contributed by atoms with E-state index in [4.69, 9.17) is 5.73 Å². The molecular formula is C20H25N. The molecule has 2 N–H and O–H groups in total. The Morgan fingerprint density at radius 1 is 0.905 bits per heavy atom. The zero-order valence-corrected chi connectivity index (χ0v) is 13.3. The molecule has 0 saturated heterocycles. The van der Waals surface area contributed by atoms with Crippen molar-refractivity contribution in [3.63, 3.8) is 0 Å². The Labute approximate surface area is 128 Å². The Hall–Kier alpha value is -1.86. The van der Waals surface area contributed by atoms with Crippen molar-refractivity contribution in [1.29, 1.82) is 0 Å². The Morgan fingerprint density at radius 2 is 1.38 bits per heavy atom. The average molecular weight is 279 g/mol. The Morgan fingerprint density at radius 3 is 1.86 bits per heavy atom. The molecule has 0 aliphatic rings. The van der Waals surface area contributed by atoms with Crippen LogP contribution in [0.1, 0.15) is 48.9 Å². The molecule has 2 rings (SSSR count). The zero-order valence-electron chi connectivity index (χ0n) is 13.3. The standard InChI is InChI=1S/C20H25N/c1-4-15-20(3,21)19-13-11-18(12-14-19)10-9-17-7-5-16(2)6-8-17/h5-14H,4,15,21H2,1-3H3/b10-9+. The molecular weight excluding hydrogens is 254 g/mol. The van der Waals surface area contributed by atoms with Crippen LogP contribution in [0.5, 0.6) is 0 Å². The van der Waals surface area contributed by atoms with Gasteiger partial charge in [-0.1, -0.05) is 79.6 Å². The molecule has 1 unspecified atom stereocenters. The number of rotatable bonds is 5. The Balaban J connectivity index is 2.10. The SMILES string of the molecule is CCCC(C)(N)c1ccc(/C=C/c2ccc(C)cc2)cc1. The molecule has 0 aromatic heterocycles. The minimum atomic E-state index is -0.228. The first-order valence-electron chi connectivity index (χ1n) is 7.65. The van der Waals surface area contributed by atoms with Gasteiger partial charge in [0.25, 0.3) is 0 Å². The molecule has 0 amide bonds. The summed E-state index contributed by atoms with van der Waals surface area (Å²) in [7, 11) is 0. The van der Waals surface area contributed by atoms with Crippen LogP contribution in [0.15, 0.2) is 48.5 Å². The number of hydrogen-bond acceptors (Lipinski definition) is 1. The predicted octanol–water partition coefficient (Wildman–Crippen LogP) is 5.14. The van der Waals surface area contributed by atoms with Gasteiger partial charge in [0, 0.05) is 5.54 Å². The quantitative estimate of drug-likeness (QED) is 0.753. The van der Waals surface area contributed by atoms with Crippen molar-refractivity contribution in [2.45, 2.75) is 39.2 Å². The Bertz CT molecular complexity index is 589. The van der Waals surface area contributed by atoms with E-state index in [1.54, 1.807) is 0 Å². The van der Waals surface area contributed by atoms with Gasteiger partial charge in [-0.2, -0.15) is 0 Å². The van der Waals surface area contributed by atoms with Gasteiger partial charge < -0.3 is 5.73 Å². The number of benzene rings is 2. The van der Waals surface area contributed by atoms with Crippen LogP contribution in [0.25, 0.3) is 12.2 Å². The number of nitrogens with two attached hydrogens (primary N) is 1. The van der Waals surface area contributed by atoms with Crippen molar-refractivity contribution in [2.75, 3.05) is 0 Å². The van der Waals surface area contributed by atoms with E-state index in [9.17, 15) is 0 Å². The highest BCUT2D eigenvalue weighted by Gasteiger charge is 2.19. The molecule has 21 heavy (non-hydrogen) atoms. The van der Waals surface area contributed by atoms with Crippen LogP contribution >= 0.6 is 0 Å². The highest BCUT2D eigenvalue weighted by molar-refractivity contribution is 5.69. The van der Waals surface area contributed by atoms with Crippen molar-refractivity contribution >= 4 is 12.2 Å². The van der Waals surface area contributed by atoms with Crippen LogP contribution in [0.2, 0.25) is 0 Å². The average Bonchev–Trinajstić information content (AvgIpc) is 2.47. The van der Waals surface area contributed by atoms with Gasteiger partial charge in [-0.3, -0.25) is 0 Å². The fraction of sp³-hybridized carbons (Fsp3) is 0.300. The summed E-state index contributed by atoms with van der Waals surface area (Å²) in [5.74, 6) is 0. The molecule has 1 nitrogen and oxygen atoms in total. The first kappa shape index (κ1) is 15.5. The molecule has 2 aromatic carbocycles. The van der Waals surface area contributed by atoms with Crippen LogP contribution in [0.3, 0.4) is 0 Å². The largest absolute Gasteiger partial charge is 0.322 e. The highest BCUT2D eigenvalue weighted by atomic mass is 14.7. The third-order valence-corrected chi connectivity index (χ3v) is 3.89. The molecule has 2 aromatic rings. The predicted molar refractivity (Wildman–Crippen MR) is 93.0 cm³/mol. The van der Waals surface area contributed by atoms with Gasteiger partial charge >= 0.3 is 0 Å². The lowest BCUT2D eigenvalue weighted by Crippen LogP contribution is -2.32. The molecule has 0 radical (unpaired) electrons. The summed E-state index contributed by atoms with van der Waals surface area (Å²) in [6.07, 6.45) is 6.39. The van der Waals surface area contributed by atoms with Gasteiger partial charge in [-0.05, 0) is 37.0 Å². The zero-order chi connectivity index (χ0) is 15.3. The summed E-state index contributed by atoms with van der Waals surface area (Å²) >= 11 is 0. The molecule has 0 saturated carbocycles. The van der Waals surface area contributed by atoms with E-state index in [2.05, 4.69) is 81.5 Å². The van der Waals surface area contributed by atoms with Crippen LogP contribution in [0.4, 0.5) is 0 Å². The van der Waals surface area contributed by atoms with Gasteiger partial charge in [-0.15, -0.1) is 0 Å². The van der Waals surface area contributed by atoms with Gasteiger partial charge in [0.15, 0.2) is 0 Å². The van der Waals surface area contributed by atoms with E-state index in [1.165, 1.54) is 22.3 Å². The van der Waals surface area contributed by atoms with Crippen LogP contribution in [0, 0.1) is 6.92 Å². The van der Waals surface area contributed by atoms with E-state index in [0.717, 1.165) is 12.8 Å². The summed E-state index contributed by atoms with van der Waals surface area (Å²) in [6.45, 7) is 6.38. The lowest BCUT2D eigenvalue weighted by Gasteiger charge is -2.24. The van der Waals surface area contributed by atoms with Crippen molar-refractivity contribution in [1.82, 2.24) is 0 Å². The fourth-order valence-electron chi connectivity index (χ4n) is 2.51. The number of aryl methyl sites for hydroxylation is 1. The Kier molecular flexibility index (Phi) is 4.98. The molecule has 0 aliphatic heterocycles. The maximum atomic E-state index is 6.36. The normalized spacial score (nSPS) is 14.3. The maximum Gasteiger partial charge on any atom is 0.0380 e. The van der Waals surface area contributed by atoms with Crippen molar-refractivity contribution in [2.24, 2.45) is 5.73 Å². The van der Waals surface area contributed by atoms with E-state index >= 15 is 0 Å². The summed E-state index contributed by atoms with van der Waals surface area (Å²) in [5, 5.41) is 0. The summed E-state index contributed by atoms with van der Waals surface area (Å²) in [6, 6.07) is 17.1. The first-order valence-corrected chi connectivity index (χ1v) is 7.65. The van der Waals surface area contributed by atoms with Crippen molar-refractivity contribution < 1.29 is 0 Å². The summed E-state index contributed by atoms with van der Waals surface area (Å²) in [5.41, 5.74) is 11.0. The van der Waals surface area contributed by atoms with Gasteiger partial charge in [0.05, 0.1) is 0 Å². The van der Waals surface area contributed by atoms with E-state index in [-0.39, 0.29) is 5.54 Å². The molecule has 0 aliphatic carbocycles. The fourth-order valence-corrected chi connectivity index (χ4v) is 2.51. The molecule has 110 valence electrons. The molecule has 1 atom stereocenters. The maximum absolute atomic E-state index is 6.36. The van der Waals surface area contributed by atoms with Crippen molar-refractivity contribution in [3.8, 4) is 0 Å². The third kappa shape index (κ3) is 4.30. The topological polar surface area (TPSA) is 26.0 Å². The van der Waals surface area contributed by atoms with E-state index in [0.29, 0.717) is 0 Å². The summed E-state index contributed by atoms with van der Waals surface area (Å²) in [4.78, 5) is 0. The molecule has 0 fully saturated rings. The van der Waals surface area contributed by atoms with E-state index < -0.39 is 0 Å². The van der Waals surface area contributed by atoms with Crippen LogP contribution < -0.4 is 5.73 Å². The van der Waals surface area contributed by atoms with Gasteiger partial charge in [0.2, 0.25) is 0 Å². The first-order chi connectivity index (χ1) is 10.0. The molecule has 0 spiro atoms. The minimum Gasteiger partial charge on any atom is -0.322 e. The summed E-state index contributed by atoms with van der Waals surface area (Å²) < 4.78 is 0. The number of hydrogen-bond donors (Lipinski definition) is 1. The lowest BCUT2D eigenvalue weighted by molar-refractivity contribution is 0.447. The smallest absolute Gasteiger partial charge is 0.0380 e. The van der Waals surface area contributed by atoms with Gasteiger partial charge in [-0.25, -0.2) is 0 Å². The van der Waals surface area contributed by atoms with Crippen molar-refractivity contribution in [3.05, 3.63) is 70.8 Å². The molecule has 1 heteroatoms. The van der Waals surface area contributed by atoms with Gasteiger partial charge in [0.1, 0.15) is 0 Å². The molecule has 0 bridgehead atoms. The second-order valence-electron chi connectivity index (χ2n) is 6.03. The monoisotopic (exact) mass is 279 g/mol. The second-order valence-corrected chi connectivity index (χ2v) is 6.03. The minimum absolute atomic E-state index is 0.228. The molecule has 0 heterocycles. The van der Waals surface area contributed by atoms with Crippen LogP contribution in [-0.4, -0.2) is 0 Å². The highest BCUT2D eigenvalue weighted by Crippen LogP contribution is 2.23.